The molecule has 0 aromatic rings. The first-order valence-electron chi connectivity index (χ1n) is 2.39. The van der Waals surface area contributed by atoms with E-state index in [0.29, 0.717) is 6.42 Å². The van der Waals surface area contributed by atoms with Gasteiger partial charge in [0, 0.05) is 11.3 Å². The summed E-state index contributed by atoms with van der Waals surface area (Å²) >= 11 is 0. The van der Waals surface area contributed by atoms with Gasteiger partial charge in [-0.2, -0.15) is 0 Å². The maximum atomic E-state index is 9.67. The minimum Gasteiger partial charge on any atom is -0.265 e. The zero-order valence-electron chi connectivity index (χ0n) is 4.89. The van der Waals surface area contributed by atoms with Gasteiger partial charge in [0.1, 0.15) is 0 Å². The van der Waals surface area contributed by atoms with Crippen LogP contribution in [0.1, 0.15) is 13.3 Å². The van der Waals surface area contributed by atoms with Crippen molar-refractivity contribution in [2.75, 3.05) is 6.54 Å². The molecule has 46 valence electrons. The number of nitrogens with zero attached hydrogens (tertiary/aromatic N) is 1. The van der Waals surface area contributed by atoms with Gasteiger partial charge >= 0.3 is 0 Å². The Balaban J connectivity index is 3.18. The van der Waals surface area contributed by atoms with Crippen molar-refractivity contribution in [3.8, 4) is 0 Å². The first kappa shape index (κ1) is 7.14. The van der Waals surface area contributed by atoms with E-state index in [1.807, 2.05) is 0 Å². The fourth-order valence-electron chi connectivity index (χ4n) is 0.282. The zero-order valence-corrected chi connectivity index (χ0v) is 4.89. The summed E-state index contributed by atoms with van der Waals surface area (Å²) in [4.78, 5) is 9.33. The van der Waals surface area contributed by atoms with Gasteiger partial charge in [0.25, 0.3) is 0 Å². The van der Waals surface area contributed by atoms with Crippen molar-refractivity contribution in [3.63, 3.8) is 0 Å². The van der Waals surface area contributed by atoms with Crippen LogP contribution in [0.4, 0.5) is 0 Å². The molecule has 0 fully saturated rings. The van der Waals surface area contributed by atoms with Crippen LogP contribution in [0, 0.1) is 10.1 Å². The molecule has 0 heterocycles. The third kappa shape index (κ3) is 5.14. The lowest BCUT2D eigenvalue weighted by atomic mass is 10.2. The highest BCUT2D eigenvalue weighted by atomic mass is 16.6. The number of hydrogen-bond acceptors (Lipinski definition) is 2. The van der Waals surface area contributed by atoms with Gasteiger partial charge in [-0.25, -0.2) is 0 Å². The standard InChI is InChI=1S/C5H9NO2/c1-5(2)3-4-6(7)8/h1,3-4H2,2H3. The first-order chi connectivity index (χ1) is 3.63. The average molecular weight is 115 g/mol. The number of rotatable bonds is 3. The van der Waals surface area contributed by atoms with Crippen LogP contribution in [-0.4, -0.2) is 11.5 Å². The summed E-state index contributed by atoms with van der Waals surface area (Å²) in [6, 6.07) is 0. The van der Waals surface area contributed by atoms with Crippen LogP contribution < -0.4 is 0 Å². The highest BCUT2D eigenvalue weighted by Gasteiger charge is 1.93. The normalized spacial score (nSPS) is 8.62. The Hall–Kier alpha value is -0.860. The SMILES string of the molecule is C=C(C)CC[N+](=O)[O-]. The minimum absolute atomic E-state index is 0.00926. The molecule has 0 radical (unpaired) electrons. The maximum Gasteiger partial charge on any atom is 0.207 e. The molecule has 0 aliphatic heterocycles. The predicted octanol–water partition coefficient (Wildman–Crippen LogP) is 1.23. The third-order valence-corrected chi connectivity index (χ3v) is 0.721. The molecule has 3 nitrogen and oxygen atoms in total. The highest BCUT2D eigenvalue weighted by Crippen LogP contribution is 1.93. The van der Waals surface area contributed by atoms with Gasteiger partial charge in [0.05, 0.1) is 0 Å². The fourth-order valence-corrected chi connectivity index (χ4v) is 0.282. The molecule has 0 aliphatic rings. The maximum absolute atomic E-state index is 9.67. The molecule has 0 saturated heterocycles. The molecule has 3 heteroatoms. The monoisotopic (exact) mass is 115 g/mol. The van der Waals surface area contributed by atoms with Crippen molar-refractivity contribution in [2.45, 2.75) is 13.3 Å². The van der Waals surface area contributed by atoms with E-state index in [4.69, 9.17) is 0 Å². The van der Waals surface area contributed by atoms with Crippen LogP contribution in [0.15, 0.2) is 12.2 Å². The quantitative estimate of drug-likeness (QED) is 0.315. The Morgan fingerprint density at radius 1 is 1.88 bits per heavy atom. The van der Waals surface area contributed by atoms with E-state index in [9.17, 15) is 10.1 Å². The van der Waals surface area contributed by atoms with Crippen LogP contribution >= 0.6 is 0 Å². The van der Waals surface area contributed by atoms with Gasteiger partial charge in [-0.3, -0.25) is 10.1 Å². The largest absolute Gasteiger partial charge is 0.265 e. The van der Waals surface area contributed by atoms with Gasteiger partial charge in [0.2, 0.25) is 6.54 Å². The molecule has 0 aromatic carbocycles. The molecular weight excluding hydrogens is 106 g/mol. The minimum atomic E-state index is -0.339. The van der Waals surface area contributed by atoms with Crippen LogP contribution in [0.3, 0.4) is 0 Å². The molecular formula is C5H9NO2. The summed E-state index contributed by atoms with van der Waals surface area (Å²) in [6.45, 7) is 5.31. The van der Waals surface area contributed by atoms with Crippen molar-refractivity contribution >= 4 is 0 Å². The van der Waals surface area contributed by atoms with Crippen LogP contribution in [0.25, 0.3) is 0 Å². The Labute approximate surface area is 48.2 Å². The summed E-state index contributed by atoms with van der Waals surface area (Å²) in [5.41, 5.74) is 0.863. The lowest BCUT2D eigenvalue weighted by molar-refractivity contribution is -0.479. The molecule has 8 heavy (non-hydrogen) atoms. The summed E-state index contributed by atoms with van der Waals surface area (Å²) in [7, 11) is 0. The topological polar surface area (TPSA) is 43.1 Å². The average Bonchev–Trinajstić information content (AvgIpc) is 1.61. The molecule has 0 saturated carbocycles. The van der Waals surface area contributed by atoms with E-state index in [2.05, 4.69) is 6.58 Å². The molecule has 0 unspecified atom stereocenters. The van der Waals surface area contributed by atoms with Crippen molar-refractivity contribution in [1.82, 2.24) is 0 Å². The Morgan fingerprint density at radius 3 is 2.50 bits per heavy atom. The van der Waals surface area contributed by atoms with Crippen molar-refractivity contribution in [2.24, 2.45) is 0 Å². The van der Waals surface area contributed by atoms with E-state index in [0.717, 1.165) is 5.57 Å². The molecule has 0 amide bonds. The predicted molar refractivity (Wildman–Crippen MR) is 31.3 cm³/mol. The van der Waals surface area contributed by atoms with Gasteiger partial charge in [-0.15, -0.1) is 0 Å². The zero-order chi connectivity index (χ0) is 6.57. The first-order valence-corrected chi connectivity index (χ1v) is 2.39. The van der Waals surface area contributed by atoms with Crippen LogP contribution in [-0.2, 0) is 0 Å². The fraction of sp³-hybridized carbons (Fsp3) is 0.600. The molecule has 0 aromatic heterocycles. The highest BCUT2D eigenvalue weighted by molar-refractivity contribution is 4.86. The molecule has 0 rings (SSSR count). The third-order valence-electron chi connectivity index (χ3n) is 0.721. The Kier molecular flexibility index (Phi) is 2.84. The Morgan fingerprint density at radius 2 is 2.38 bits per heavy atom. The molecule has 0 atom stereocenters. The van der Waals surface area contributed by atoms with Crippen molar-refractivity contribution < 1.29 is 4.92 Å². The van der Waals surface area contributed by atoms with Gasteiger partial charge in [-0.1, -0.05) is 12.2 Å². The summed E-state index contributed by atoms with van der Waals surface area (Å²) in [5, 5.41) is 9.67. The van der Waals surface area contributed by atoms with E-state index in [-0.39, 0.29) is 11.5 Å². The Bertz CT molecular complexity index is 95.0. The second-order valence-electron chi connectivity index (χ2n) is 1.76. The molecule has 0 aliphatic carbocycles. The molecule has 0 N–H and O–H groups in total. The van der Waals surface area contributed by atoms with Crippen molar-refractivity contribution in [3.05, 3.63) is 22.3 Å². The van der Waals surface area contributed by atoms with Gasteiger partial charge in [-0.05, 0) is 6.92 Å². The van der Waals surface area contributed by atoms with Gasteiger partial charge < -0.3 is 0 Å². The van der Waals surface area contributed by atoms with Crippen molar-refractivity contribution in [1.29, 1.82) is 0 Å². The van der Waals surface area contributed by atoms with Crippen LogP contribution in [0.2, 0.25) is 0 Å². The smallest absolute Gasteiger partial charge is 0.207 e. The van der Waals surface area contributed by atoms with E-state index in [1.54, 1.807) is 6.92 Å². The lowest BCUT2D eigenvalue weighted by Crippen LogP contribution is -1.99. The second-order valence-corrected chi connectivity index (χ2v) is 1.76. The van der Waals surface area contributed by atoms with Gasteiger partial charge in [0.15, 0.2) is 0 Å². The van der Waals surface area contributed by atoms with E-state index < -0.39 is 0 Å². The second kappa shape index (κ2) is 3.18. The van der Waals surface area contributed by atoms with Crippen LogP contribution in [0.5, 0.6) is 0 Å². The number of nitro groups is 1. The lowest BCUT2D eigenvalue weighted by Gasteiger charge is -1.89. The number of hydrogen-bond donors (Lipinski definition) is 0. The summed E-state index contributed by atoms with van der Waals surface area (Å²) in [5.74, 6) is 0. The summed E-state index contributed by atoms with van der Waals surface area (Å²) < 4.78 is 0. The molecule has 0 bridgehead atoms. The van der Waals surface area contributed by atoms with E-state index >= 15 is 0 Å². The van der Waals surface area contributed by atoms with E-state index in [1.165, 1.54) is 0 Å². The molecule has 0 spiro atoms. The summed E-state index contributed by atoms with van der Waals surface area (Å²) in [6.07, 6.45) is 0.493.